The van der Waals surface area contributed by atoms with E-state index in [1.54, 1.807) is 6.07 Å². The van der Waals surface area contributed by atoms with Crippen molar-refractivity contribution in [2.75, 3.05) is 13.2 Å². The summed E-state index contributed by atoms with van der Waals surface area (Å²) in [5.74, 6) is -1.32. The lowest BCUT2D eigenvalue weighted by Gasteiger charge is -2.17. The summed E-state index contributed by atoms with van der Waals surface area (Å²) in [5.41, 5.74) is -0.0166. The Balaban J connectivity index is 1.69. The first-order valence-electron chi connectivity index (χ1n) is 9.23. The molecule has 1 fully saturated rings. The third-order valence-electron chi connectivity index (χ3n) is 4.41. The van der Waals surface area contributed by atoms with Gasteiger partial charge in [0, 0.05) is 37.6 Å². The van der Waals surface area contributed by atoms with Crippen LogP contribution in [0.25, 0.3) is 0 Å². The molecule has 2 aromatic carbocycles. The van der Waals surface area contributed by atoms with E-state index in [1.165, 1.54) is 50.2 Å². The standard InChI is InChI=1S/C21H19NO9/c1-13(23)30-17-7-8-18(19(10-17)31-14(2)24)21(12-29-21)11-28-20(25)9-15-3-5-16(6-4-15)22(26)27/h3-8,10H,9,11-12H2,1-2H3. The van der Waals surface area contributed by atoms with Crippen LogP contribution in [-0.4, -0.2) is 36.0 Å². The van der Waals surface area contributed by atoms with Crippen molar-refractivity contribution in [3.05, 3.63) is 63.7 Å². The van der Waals surface area contributed by atoms with Gasteiger partial charge in [0.15, 0.2) is 5.60 Å². The highest BCUT2D eigenvalue weighted by Crippen LogP contribution is 2.45. The Morgan fingerprint density at radius 2 is 1.71 bits per heavy atom. The summed E-state index contributed by atoms with van der Waals surface area (Å²) in [4.78, 5) is 45.1. The Bertz CT molecular complexity index is 1030. The number of esters is 3. The summed E-state index contributed by atoms with van der Waals surface area (Å²) in [6, 6.07) is 10.1. The minimum absolute atomic E-state index is 0.0716. The van der Waals surface area contributed by atoms with E-state index in [1.807, 2.05) is 0 Å². The molecule has 0 spiro atoms. The Morgan fingerprint density at radius 1 is 1.06 bits per heavy atom. The molecule has 162 valence electrons. The van der Waals surface area contributed by atoms with Crippen LogP contribution in [0.5, 0.6) is 11.5 Å². The fourth-order valence-electron chi connectivity index (χ4n) is 2.90. The van der Waals surface area contributed by atoms with Crippen molar-refractivity contribution in [2.24, 2.45) is 0 Å². The van der Waals surface area contributed by atoms with E-state index in [0.29, 0.717) is 11.1 Å². The SMILES string of the molecule is CC(=O)Oc1ccc(C2(COC(=O)Cc3ccc([N+](=O)[O-])cc3)CO2)c(OC(C)=O)c1. The van der Waals surface area contributed by atoms with Crippen molar-refractivity contribution in [3.63, 3.8) is 0 Å². The van der Waals surface area contributed by atoms with Gasteiger partial charge in [-0.05, 0) is 17.7 Å². The number of hydrogen-bond donors (Lipinski definition) is 0. The Kier molecular flexibility index (Phi) is 6.30. The quantitative estimate of drug-likeness (QED) is 0.204. The summed E-state index contributed by atoms with van der Waals surface area (Å²) in [7, 11) is 0. The van der Waals surface area contributed by atoms with Gasteiger partial charge in [-0.1, -0.05) is 12.1 Å². The number of nitro benzene ring substituents is 1. The zero-order valence-corrected chi connectivity index (χ0v) is 16.8. The van der Waals surface area contributed by atoms with Crippen molar-refractivity contribution in [1.82, 2.24) is 0 Å². The minimum atomic E-state index is -0.981. The van der Waals surface area contributed by atoms with Crippen LogP contribution in [0.3, 0.4) is 0 Å². The highest BCUT2D eigenvalue weighted by Gasteiger charge is 2.50. The van der Waals surface area contributed by atoms with Crippen LogP contribution in [0.4, 0.5) is 5.69 Å². The van der Waals surface area contributed by atoms with Crippen LogP contribution in [-0.2, 0) is 35.9 Å². The third kappa shape index (κ3) is 5.64. The third-order valence-corrected chi connectivity index (χ3v) is 4.41. The molecule has 0 amide bonds. The maximum atomic E-state index is 12.2. The smallest absolute Gasteiger partial charge is 0.310 e. The molecule has 10 nitrogen and oxygen atoms in total. The van der Waals surface area contributed by atoms with Crippen LogP contribution < -0.4 is 9.47 Å². The molecule has 2 aromatic rings. The van der Waals surface area contributed by atoms with Crippen LogP contribution in [0.15, 0.2) is 42.5 Å². The predicted octanol–water partition coefficient (Wildman–Crippen LogP) is 2.46. The molecule has 0 radical (unpaired) electrons. The first-order valence-corrected chi connectivity index (χ1v) is 9.23. The van der Waals surface area contributed by atoms with E-state index in [2.05, 4.69) is 0 Å². The van der Waals surface area contributed by atoms with E-state index in [4.69, 9.17) is 18.9 Å². The molecular formula is C21H19NO9. The second-order valence-corrected chi connectivity index (χ2v) is 6.89. The molecule has 0 aromatic heterocycles. The summed E-state index contributed by atoms with van der Waals surface area (Å²) in [5, 5.41) is 10.7. The molecule has 3 rings (SSSR count). The number of ether oxygens (including phenoxy) is 4. The second-order valence-electron chi connectivity index (χ2n) is 6.89. The van der Waals surface area contributed by atoms with Crippen molar-refractivity contribution >= 4 is 23.6 Å². The average Bonchev–Trinajstić information content (AvgIpc) is 3.47. The minimum Gasteiger partial charge on any atom is -0.462 e. The summed E-state index contributed by atoms with van der Waals surface area (Å²) < 4.78 is 21.1. The van der Waals surface area contributed by atoms with Gasteiger partial charge in [0.2, 0.25) is 0 Å². The van der Waals surface area contributed by atoms with Gasteiger partial charge in [0.25, 0.3) is 5.69 Å². The van der Waals surface area contributed by atoms with Gasteiger partial charge in [-0.3, -0.25) is 24.5 Å². The molecule has 1 heterocycles. The van der Waals surface area contributed by atoms with Crippen LogP contribution >= 0.6 is 0 Å². The lowest BCUT2D eigenvalue weighted by Crippen LogP contribution is -2.22. The van der Waals surface area contributed by atoms with Gasteiger partial charge in [-0.15, -0.1) is 0 Å². The average molecular weight is 429 g/mol. The van der Waals surface area contributed by atoms with Gasteiger partial charge in [0.1, 0.15) is 18.1 Å². The number of benzene rings is 2. The molecule has 10 heteroatoms. The molecule has 31 heavy (non-hydrogen) atoms. The second kappa shape index (κ2) is 8.92. The topological polar surface area (TPSA) is 135 Å². The number of epoxide rings is 1. The lowest BCUT2D eigenvalue weighted by atomic mass is 9.99. The first-order chi connectivity index (χ1) is 14.7. The van der Waals surface area contributed by atoms with Gasteiger partial charge in [-0.25, -0.2) is 0 Å². The Hall–Kier alpha value is -3.79. The summed E-state index contributed by atoms with van der Waals surface area (Å²) in [6.07, 6.45) is -0.0731. The normalized spacial score (nSPS) is 16.8. The maximum absolute atomic E-state index is 12.2. The van der Waals surface area contributed by atoms with Gasteiger partial charge >= 0.3 is 17.9 Å². The fraction of sp³-hybridized carbons (Fsp3) is 0.286. The van der Waals surface area contributed by atoms with E-state index >= 15 is 0 Å². The highest BCUT2D eigenvalue weighted by atomic mass is 16.6. The zero-order chi connectivity index (χ0) is 22.6. The number of carbonyl (C=O) groups is 3. The summed E-state index contributed by atoms with van der Waals surface area (Å²) >= 11 is 0. The number of carbonyl (C=O) groups excluding carboxylic acids is 3. The molecule has 1 unspecified atom stereocenters. The van der Waals surface area contributed by atoms with E-state index in [0.717, 1.165) is 0 Å². The predicted molar refractivity (Wildman–Crippen MR) is 104 cm³/mol. The van der Waals surface area contributed by atoms with Crippen molar-refractivity contribution in [1.29, 1.82) is 0 Å². The largest absolute Gasteiger partial charge is 0.462 e. The molecular weight excluding hydrogens is 410 g/mol. The number of hydrogen-bond acceptors (Lipinski definition) is 9. The Labute approximate surface area is 176 Å². The fourth-order valence-corrected chi connectivity index (χ4v) is 2.90. The van der Waals surface area contributed by atoms with Crippen molar-refractivity contribution in [2.45, 2.75) is 25.9 Å². The molecule has 0 aliphatic carbocycles. The van der Waals surface area contributed by atoms with Gasteiger partial charge in [0.05, 0.1) is 18.0 Å². The summed E-state index contributed by atoms with van der Waals surface area (Å²) in [6.45, 7) is 2.58. The van der Waals surface area contributed by atoms with Crippen molar-refractivity contribution < 1.29 is 38.3 Å². The molecule has 0 N–H and O–H groups in total. The molecule has 1 aliphatic heterocycles. The zero-order valence-electron chi connectivity index (χ0n) is 16.8. The number of nitrogens with zero attached hydrogens (tertiary/aromatic N) is 1. The van der Waals surface area contributed by atoms with Crippen LogP contribution in [0.2, 0.25) is 0 Å². The highest BCUT2D eigenvalue weighted by molar-refractivity contribution is 5.73. The molecule has 1 atom stereocenters. The van der Waals surface area contributed by atoms with Crippen LogP contribution in [0.1, 0.15) is 25.0 Å². The number of non-ortho nitro benzene ring substituents is 1. The maximum Gasteiger partial charge on any atom is 0.310 e. The lowest BCUT2D eigenvalue weighted by molar-refractivity contribution is -0.384. The van der Waals surface area contributed by atoms with Crippen LogP contribution in [0, 0.1) is 10.1 Å². The molecule has 0 saturated carbocycles. The van der Waals surface area contributed by atoms with E-state index < -0.39 is 28.4 Å². The van der Waals surface area contributed by atoms with Crippen molar-refractivity contribution in [3.8, 4) is 11.5 Å². The monoisotopic (exact) mass is 429 g/mol. The molecule has 1 aliphatic rings. The molecule has 1 saturated heterocycles. The Morgan fingerprint density at radius 3 is 2.26 bits per heavy atom. The van der Waals surface area contributed by atoms with E-state index in [-0.39, 0.29) is 36.8 Å². The van der Waals surface area contributed by atoms with Gasteiger partial charge in [-0.2, -0.15) is 0 Å². The van der Waals surface area contributed by atoms with E-state index in [9.17, 15) is 24.5 Å². The first kappa shape index (κ1) is 21.9. The molecule has 0 bridgehead atoms. The number of nitro groups is 1. The number of rotatable bonds is 8. The van der Waals surface area contributed by atoms with Gasteiger partial charge < -0.3 is 18.9 Å².